The highest BCUT2D eigenvalue weighted by Gasteiger charge is 2.11. The highest BCUT2D eigenvalue weighted by atomic mass is 35.5. The van der Waals surface area contributed by atoms with Gasteiger partial charge in [0.1, 0.15) is 5.82 Å². The largest absolute Gasteiger partial charge is 0.392 e. The molecule has 1 aromatic heterocycles. The van der Waals surface area contributed by atoms with E-state index in [1.807, 2.05) is 38.1 Å². The first kappa shape index (κ1) is 12.0. The zero-order valence-corrected chi connectivity index (χ0v) is 10.5. The van der Waals surface area contributed by atoms with Crippen LogP contribution in [0, 0.1) is 13.8 Å². The van der Waals surface area contributed by atoms with E-state index < -0.39 is 0 Å². The lowest BCUT2D eigenvalue weighted by molar-refractivity contribution is 0.280. The van der Waals surface area contributed by atoms with Crippen molar-refractivity contribution in [3.05, 3.63) is 46.4 Å². The predicted molar refractivity (Wildman–Crippen MR) is 67.9 cm³/mol. The van der Waals surface area contributed by atoms with Crippen LogP contribution in [-0.2, 0) is 6.61 Å². The first-order valence-electron chi connectivity index (χ1n) is 5.32. The SMILES string of the molecule is Cc1nc(C)c(CO)c(-c2ccc(Cl)cc2)n1. The van der Waals surface area contributed by atoms with Crippen molar-refractivity contribution in [2.24, 2.45) is 0 Å². The number of hydrogen-bond acceptors (Lipinski definition) is 3. The molecular weight excluding hydrogens is 236 g/mol. The summed E-state index contributed by atoms with van der Waals surface area (Å²) in [7, 11) is 0. The Bertz CT molecular complexity index is 538. The molecule has 1 aromatic carbocycles. The third-order valence-corrected chi connectivity index (χ3v) is 2.85. The van der Waals surface area contributed by atoms with Gasteiger partial charge in [-0.15, -0.1) is 0 Å². The topological polar surface area (TPSA) is 46.0 Å². The van der Waals surface area contributed by atoms with Crippen LogP contribution in [0.4, 0.5) is 0 Å². The first-order chi connectivity index (χ1) is 8.11. The van der Waals surface area contributed by atoms with E-state index in [1.165, 1.54) is 0 Å². The number of aromatic nitrogens is 2. The van der Waals surface area contributed by atoms with Gasteiger partial charge in [-0.05, 0) is 26.0 Å². The molecule has 2 aromatic rings. The molecule has 0 atom stereocenters. The van der Waals surface area contributed by atoms with Gasteiger partial charge in [0, 0.05) is 21.8 Å². The fourth-order valence-corrected chi connectivity index (χ4v) is 1.90. The monoisotopic (exact) mass is 248 g/mol. The Kier molecular flexibility index (Phi) is 3.41. The Morgan fingerprint density at radius 2 is 1.76 bits per heavy atom. The summed E-state index contributed by atoms with van der Waals surface area (Å²) >= 11 is 5.85. The molecule has 4 heteroatoms. The van der Waals surface area contributed by atoms with E-state index >= 15 is 0 Å². The molecule has 0 spiro atoms. The number of aliphatic hydroxyl groups is 1. The van der Waals surface area contributed by atoms with E-state index in [-0.39, 0.29) is 6.61 Å². The second-order valence-electron chi connectivity index (χ2n) is 3.85. The van der Waals surface area contributed by atoms with Gasteiger partial charge in [0.25, 0.3) is 0 Å². The molecule has 0 saturated heterocycles. The number of benzene rings is 1. The van der Waals surface area contributed by atoms with Crippen LogP contribution < -0.4 is 0 Å². The molecule has 0 fully saturated rings. The molecular formula is C13H13ClN2O. The van der Waals surface area contributed by atoms with Crippen molar-refractivity contribution in [2.75, 3.05) is 0 Å². The van der Waals surface area contributed by atoms with E-state index in [1.54, 1.807) is 0 Å². The summed E-state index contributed by atoms with van der Waals surface area (Å²) in [6, 6.07) is 7.40. The first-order valence-corrected chi connectivity index (χ1v) is 5.70. The minimum atomic E-state index is -0.0654. The Hall–Kier alpha value is -1.45. The number of nitrogens with zero attached hydrogens (tertiary/aromatic N) is 2. The van der Waals surface area contributed by atoms with Crippen LogP contribution in [0.5, 0.6) is 0 Å². The molecule has 0 bridgehead atoms. The van der Waals surface area contributed by atoms with Gasteiger partial charge < -0.3 is 5.11 Å². The van der Waals surface area contributed by atoms with Crippen molar-refractivity contribution in [3.8, 4) is 11.3 Å². The fraction of sp³-hybridized carbons (Fsp3) is 0.231. The van der Waals surface area contributed by atoms with Gasteiger partial charge >= 0.3 is 0 Å². The maximum atomic E-state index is 9.40. The van der Waals surface area contributed by atoms with Crippen LogP contribution in [0.25, 0.3) is 11.3 Å². The molecule has 1 N–H and O–H groups in total. The lowest BCUT2D eigenvalue weighted by Gasteiger charge is -2.10. The van der Waals surface area contributed by atoms with Crippen molar-refractivity contribution in [2.45, 2.75) is 20.5 Å². The normalized spacial score (nSPS) is 10.6. The highest BCUT2D eigenvalue weighted by Crippen LogP contribution is 2.25. The zero-order chi connectivity index (χ0) is 12.4. The molecule has 17 heavy (non-hydrogen) atoms. The van der Waals surface area contributed by atoms with Crippen LogP contribution in [0.15, 0.2) is 24.3 Å². The number of aliphatic hydroxyl groups excluding tert-OH is 1. The average molecular weight is 249 g/mol. The Morgan fingerprint density at radius 3 is 2.35 bits per heavy atom. The maximum absolute atomic E-state index is 9.40. The summed E-state index contributed by atoms with van der Waals surface area (Å²) in [4.78, 5) is 8.64. The van der Waals surface area contributed by atoms with E-state index in [2.05, 4.69) is 9.97 Å². The van der Waals surface area contributed by atoms with Crippen LogP contribution in [0.1, 0.15) is 17.1 Å². The van der Waals surface area contributed by atoms with Gasteiger partial charge in [-0.25, -0.2) is 9.97 Å². The van der Waals surface area contributed by atoms with E-state index in [0.29, 0.717) is 10.8 Å². The Balaban J connectivity index is 2.61. The van der Waals surface area contributed by atoms with Crippen molar-refractivity contribution >= 4 is 11.6 Å². The highest BCUT2D eigenvalue weighted by molar-refractivity contribution is 6.30. The lowest BCUT2D eigenvalue weighted by atomic mass is 10.1. The van der Waals surface area contributed by atoms with Gasteiger partial charge in [-0.2, -0.15) is 0 Å². The second-order valence-corrected chi connectivity index (χ2v) is 4.28. The van der Waals surface area contributed by atoms with Crippen LogP contribution >= 0.6 is 11.6 Å². The lowest BCUT2D eigenvalue weighted by Crippen LogP contribution is -2.02. The molecule has 88 valence electrons. The summed E-state index contributed by atoms with van der Waals surface area (Å²) in [5, 5.41) is 10.1. The number of halogens is 1. The predicted octanol–water partition coefficient (Wildman–Crippen LogP) is 2.91. The molecule has 0 amide bonds. The number of hydrogen-bond donors (Lipinski definition) is 1. The van der Waals surface area contributed by atoms with Crippen molar-refractivity contribution in [1.82, 2.24) is 9.97 Å². The molecule has 0 unspecified atom stereocenters. The maximum Gasteiger partial charge on any atom is 0.126 e. The molecule has 0 aliphatic rings. The van der Waals surface area contributed by atoms with Crippen LogP contribution in [0.3, 0.4) is 0 Å². The van der Waals surface area contributed by atoms with Gasteiger partial charge in [-0.1, -0.05) is 23.7 Å². The average Bonchev–Trinajstić information content (AvgIpc) is 2.29. The minimum absolute atomic E-state index is 0.0654. The van der Waals surface area contributed by atoms with E-state index in [4.69, 9.17) is 11.6 Å². The Labute approximate surface area is 105 Å². The third-order valence-electron chi connectivity index (χ3n) is 2.60. The molecule has 2 rings (SSSR count). The summed E-state index contributed by atoms with van der Waals surface area (Å²) in [5.74, 6) is 0.699. The quantitative estimate of drug-likeness (QED) is 0.889. The third kappa shape index (κ3) is 2.46. The van der Waals surface area contributed by atoms with E-state index in [9.17, 15) is 5.11 Å². The second kappa shape index (κ2) is 4.82. The van der Waals surface area contributed by atoms with Crippen molar-refractivity contribution < 1.29 is 5.11 Å². The standard InChI is InChI=1S/C13H13ClN2O/c1-8-12(7-17)13(16-9(2)15-8)10-3-5-11(14)6-4-10/h3-6,17H,7H2,1-2H3. The molecule has 0 saturated carbocycles. The minimum Gasteiger partial charge on any atom is -0.392 e. The smallest absolute Gasteiger partial charge is 0.126 e. The molecule has 0 aliphatic heterocycles. The van der Waals surface area contributed by atoms with Crippen molar-refractivity contribution in [1.29, 1.82) is 0 Å². The number of aryl methyl sites for hydroxylation is 2. The molecule has 0 radical (unpaired) electrons. The summed E-state index contributed by atoms with van der Waals surface area (Å²) in [5.41, 5.74) is 3.28. The summed E-state index contributed by atoms with van der Waals surface area (Å²) < 4.78 is 0. The number of rotatable bonds is 2. The van der Waals surface area contributed by atoms with Gasteiger partial charge in [0.2, 0.25) is 0 Å². The zero-order valence-electron chi connectivity index (χ0n) is 9.74. The van der Waals surface area contributed by atoms with Crippen LogP contribution in [0.2, 0.25) is 5.02 Å². The van der Waals surface area contributed by atoms with E-state index in [0.717, 1.165) is 22.5 Å². The van der Waals surface area contributed by atoms with Gasteiger partial charge in [-0.3, -0.25) is 0 Å². The van der Waals surface area contributed by atoms with Gasteiger partial charge in [0.05, 0.1) is 12.3 Å². The summed E-state index contributed by atoms with van der Waals surface area (Å²) in [6.07, 6.45) is 0. The van der Waals surface area contributed by atoms with Crippen LogP contribution in [-0.4, -0.2) is 15.1 Å². The summed E-state index contributed by atoms with van der Waals surface area (Å²) in [6.45, 7) is 3.65. The molecule has 3 nitrogen and oxygen atoms in total. The molecule has 1 heterocycles. The molecule has 0 aliphatic carbocycles. The Morgan fingerprint density at radius 1 is 1.12 bits per heavy atom. The fourth-order valence-electron chi connectivity index (χ4n) is 1.77. The van der Waals surface area contributed by atoms with Crippen molar-refractivity contribution in [3.63, 3.8) is 0 Å². The van der Waals surface area contributed by atoms with Gasteiger partial charge in [0.15, 0.2) is 0 Å².